The van der Waals surface area contributed by atoms with Gasteiger partial charge in [0, 0.05) is 13.1 Å². The predicted octanol–water partition coefficient (Wildman–Crippen LogP) is 2.18. The van der Waals surface area contributed by atoms with Gasteiger partial charge in [-0.25, -0.2) is 9.59 Å². The molecule has 2 N–H and O–H groups in total. The van der Waals surface area contributed by atoms with Gasteiger partial charge in [0.15, 0.2) is 0 Å². The summed E-state index contributed by atoms with van der Waals surface area (Å²) in [6, 6.07) is 8.80. The summed E-state index contributed by atoms with van der Waals surface area (Å²) in [4.78, 5) is 32.4. The number of nitrogens with zero attached hydrogens (tertiary/aromatic N) is 1. The highest BCUT2D eigenvalue weighted by atomic mass is 16.5. The molecule has 144 valence electrons. The monoisotopic (exact) mass is 365 g/mol. The minimum atomic E-state index is -1.82. The van der Waals surface area contributed by atoms with Crippen molar-refractivity contribution in [2.24, 2.45) is 5.92 Å². The smallest absolute Gasteiger partial charge is 0.414 e. The van der Waals surface area contributed by atoms with Crippen LogP contribution >= 0.6 is 0 Å². The summed E-state index contributed by atoms with van der Waals surface area (Å²) >= 11 is 0. The molecule has 0 bridgehead atoms. The van der Waals surface area contributed by atoms with E-state index in [1.54, 1.807) is 0 Å². The first-order valence-electron chi connectivity index (χ1n) is 8.80. The van der Waals surface area contributed by atoms with Gasteiger partial charge in [0.05, 0.1) is 12.5 Å². The van der Waals surface area contributed by atoms with Crippen LogP contribution in [0.3, 0.4) is 0 Å². The molecule has 1 aromatic rings. The van der Waals surface area contributed by atoms with Crippen molar-refractivity contribution < 1.29 is 29.3 Å². The van der Waals surface area contributed by atoms with Crippen molar-refractivity contribution in [1.29, 1.82) is 0 Å². The van der Waals surface area contributed by atoms with Gasteiger partial charge in [-0.05, 0) is 43.9 Å². The topological polar surface area (TPSA) is 104 Å². The van der Waals surface area contributed by atoms with Crippen LogP contribution in [0.15, 0.2) is 24.3 Å². The van der Waals surface area contributed by atoms with Crippen LogP contribution < -0.4 is 0 Å². The Morgan fingerprint density at radius 3 is 2.15 bits per heavy atom. The van der Waals surface area contributed by atoms with Gasteiger partial charge in [0.2, 0.25) is 0 Å². The number of carbonyl (C=O) groups is 3. The van der Waals surface area contributed by atoms with E-state index in [-0.39, 0.29) is 11.9 Å². The molecular formula is C19H27NO6. The lowest BCUT2D eigenvalue weighted by atomic mass is 9.97. The number of benzene rings is 1. The standard InChI is InChI=1S/C17H25NO2.C2H2O4/c1-3-14-7-9-15(10-8-14)12-18-11-5-6-16(13-18)17(19)20-4-2;3-1(4)2(5)6/h7-10,16H,3-6,11-13H2,1-2H3;(H,3,4)(H,5,6). The first kappa shape index (κ1) is 21.6. The van der Waals surface area contributed by atoms with Gasteiger partial charge in [0.25, 0.3) is 0 Å². The van der Waals surface area contributed by atoms with Crippen LogP contribution in [0.5, 0.6) is 0 Å². The number of likely N-dealkylation sites (tertiary alicyclic amines) is 1. The molecule has 1 saturated heterocycles. The molecule has 2 rings (SSSR count). The summed E-state index contributed by atoms with van der Waals surface area (Å²) in [5, 5.41) is 14.8. The molecule has 7 heteroatoms. The van der Waals surface area contributed by atoms with Crippen LogP contribution in [0, 0.1) is 5.92 Å². The van der Waals surface area contributed by atoms with Crippen molar-refractivity contribution in [1.82, 2.24) is 4.90 Å². The zero-order chi connectivity index (χ0) is 19.5. The van der Waals surface area contributed by atoms with Crippen LogP contribution in [0.4, 0.5) is 0 Å². The second-order valence-corrected chi connectivity index (χ2v) is 6.11. The molecule has 1 aromatic carbocycles. The van der Waals surface area contributed by atoms with E-state index >= 15 is 0 Å². The van der Waals surface area contributed by atoms with E-state index in [1.165, 1.54) is 11.1 Å². The lowest BCUT2D eigenvalue weighted by molar-refractivity contribution is -0.159. The molecule has 0 saturated carbocycles. The van der Waals surface area contributed by atoms with Crippen LogP contribution in [0.2, 0.25) is 0 Å². The molecule has 0 aromatic heterocycles. The van der Waals surface area contributed by atoms with E-state index < -0.39 is 11.9 Å². The van der Waals surface area contributed by atoms with Crippen molar-refractivity contribution in [3.8, 4) is 0 Å². The maximum Gasteiger partial charge on any atom is 0.414 e. The van der Waals surface area contributed by atoms with Crippen LogP contribution in [-0.2, 0) is 32.1 Å². The molecule has 26 heavy (non-hydrogen) atoms. The highest BCUT2D eigenvalue weighted by Crippen LogP contribution is 2.20. The van der Waals surface area contributed by atoms with Crippen molar-refractivity contribution in [3.05, 3.63) is 35.4 Å². The van der Waals surface area contributed by atoms with Gasteiger partial charge in [-0.2, -0.15) is 0 Å². The second-order valence-electron chi connectivity index (χ2n) is 6.11. The van der Waals surface area contributed by atoms with E-state index in [2.05, 4.69) is 36.1 Å². The number of esters is 1. The maximum absolute atomic E-state index is 11.8. The van der Waals surface area contributed by atoms with Crippen molar-refractivity contribution in [2.75, 3.05) is 19.7 Å². The highest BCUT2D eigenvalue weighted by molar-refractivity contribution is 6.27. The zero-order valence-electron chi connectivity index (χ0n) is 15.3. The number of carboxylic acids is 2. The molecule has 7 nitrogen and oxygen atoms in total. The predicted molar refractivity (Wildman–Crippen MR) is 95.7 cm³/mol. The maximum atomic E-state index is 11.8. The third kappa shape index (κ3) is 7.65. The van der Waals surface area contributed by atoms with Crippen LogP contribution in [0.1, 0.15) is 37.8 Å². The summed E-state index contributed by atoms with van der Waals surface area (Å²) < 4.78 is 5.14. The first-order chi connectivity index (χ1) is 12.4. The number of piperidine rings is 1. The van der Waals surface area contributed by atoms with Crippen molar-refractivity contribution in [2.45, 2.75) is 39.7 Å². The largest absolute Gasteiger partial charge is 0.473 e. The number of carbonyl (C=O) groups excluding carboxylic acids is 1. The van der Waals surface area contributed by atoms with Crippen LogP contribution in [0.25, 0.3) is 0 Å². The Morgan fingerprint density at radius 2 is 1.65 bits per heavy atom. The van der Waals surface area contributed by atoms with E-state index in [9.17, 15) is 4.79 Å². The molecule has 1 atom stereocenters. The Labute approximate surface area is 153 Å². The van der Waals surface area contributed by atoms with E-state index in [0.717, 1.165) is 38.9 Å². The summed E-state index contributed by atoms with van der Waals surface area (Å²) in [6.45, 7) is 7.35. The molecule has 0 amide bonds. The number of carboxylic acid groups (broad SMARTS) is 2. The summed E-state index contributed by atoms with van der Waals surface area (Å²) in [6.07, 6.45) is 3.12. The van der Waals surface area contributed by atoms with Gasteiger partial charge in [-0.3, -0.25) is 9.69 Å². The Hall–Kier alpha value is -2.41. The quantitative estimate of drug-likeness (QED) is 0.609. The average molecular weight is 365 g/mol. The molecule has 1 aliphatic rings. The average Bonchev–Trinajstić information content (AvgIpc) is 2.63. The van der Waals surface area contributed by atoms with Crippen molar-refractivity contribution >= 4 is 17.9 Å². The van der Waals surface area contributed by atoms with Gasteiger partial charge in [-0.15, -0.1) is 0 Å². The number of aryl methyl sites for hydroxylation is 1. The minimum Gasteiger partial charge on any atom is -0.473 e. The lowest BCUT2D eigenvalue weighted by Gasteiger charge is -2.31. The van der Waals surface area contributed by atoms with E-state index in [4.69, 9.17) is 24.5 Å². The van der Waals surface area contributed by atoms with Gasteiger partial charge >= 0.3 is 17.9 Å². The van der Waals surface area contributed by atoms with Gasteiger partial charge in [-0.1, -0.05) is 31.2 Å². The van der Waals surface area contributed by atoms with Gasteiger partial charge in [0.1, 0.15) is 0 Å². The Kier molecular flexibility index (Phi) is 9.36. The highest BCUT2D eigenvalue weighted by Gasteiger charge is 2.26. The Bertz CT molecular complexity index is 587. The third-order valence-electron chi connectivity index (χ3n) is 4.15. The third-order valence-corrected chi connectivity index (χ3v) is 4.15. The molecule has 0 radical (unpaired) electrons. The molecule has 1 heterocycles. The fourth-order valence-corrected chi connectivity index (χ4v) is 2.79. The SMILES string of the molecule is CCOC(=O)C1CCCN(Cc2ccc(CC)cc2)C1.O=C(O)C(=O)O. The normalized spacial score (nSPS) is 16.9. The van der Waals surface area contributed by atoms with E-state index in [1.807, 2.05) is 6.92 Å². The molecule has 1 aliphatic heterocycles. The second kappa shape index (κ2) is 11.3. The van der Waals surface area contributed by atoms with Crippen LogP contribution in [-0.4, -0.2) is 52.7 Å². The molecule has 0 aliphatic carbocycles. The lowest BCUT2D eigenvalue weighted by Crippen LogP contribution is -2.38. The number of rotatable bonds is 5. The van der Waals surface area contributed by atoms with Crippen molar-refractivity contribution in [3.63, 3.8) is 0 Å². The minimum absolute atomic E-state index is 0.0291. The number of aliphatic carboxylic acids is 2. The molecule has 0 spiro atoms. The molecule has 1 unspecified atom stereocenters. The number of hydrogen-bond donors (Lipinski definition) is 2. The van der Waals surface area contributed by atoms with Gasteiger partial charge < -0.3 is 14.9 Å². The number of hydrogen-bond acceptors (Lipinski definition) is 5. The zero-order valence-corrected chi connectivity index (χ0v) is 15.3. The Morgan fingerprint density at radius 1 is 1.08 bits per heavy atom. The van der Waals surface area contributed by atoms with E-state index in [0.29, 0.717) is 6.61 Å². The fraction of sp³-hybridized carbons (Fsp3) is 0.526. The summed E-state index contributed by atoms with van der Waals surface area (Å²) in [7, 11) is 0. The Balaban J connectivity index is 0.000000487. The summed E-state index contributed by atoms with van der Waals surface area (Å²) in [5.41, 5.74) is 2.70. The molecular weight excluding hydrogens is 338 g/mol. The first-order valence-corrected chi connectivity index (χ1v) is 8.80. The number of ether oxygens (including phenoxy) is 1. The molecule has 1 fully saturated rings. The summed E-state index contributed by atoms with van der Waals surface area (Å²) in [5.74, 6) is -3.62. The fourth-order valence-electron chi connectivity index (χ4n) is 2.79.